The van der Waals surface area contributed by atoms with Crippen molar-refractivity contribution in [2.75, 3.05) is 6.54 Å². The highest BCUT2D eigenvalue weighted by Crippen LogP contribution is 2.37. The first-order chi connectivity index (χ1) is 13.4. The van der Waals surface area contributed by atoms with Crippen molar-refractivity contribution in [3.63, 3.8) is 0 Å². The molecule has 0 fully saturated rings. The number of aromatic nitrogens is 3. The van der Waals surface area contributed by atoms with Gasteiger partial charge >= 0.3 is 11.8 Å². The lowest BCUT2D eigenvalue weighted by Gasteiger charge is -2.27. The minimum atomic E-state index is -0.505. The van der Waals surface area contributed by atoms with Gasteiger partial charge in [0, 0.05) is 40.1 Å². The number of rotatable bonds is 4. The highest BCUT2D eigenvalue weighted by atomic mass is 35.5. The summed E-state index contributed by atoms with van der Waals surface area (Å²) in [6, 6.07) is 8.04. The van der Waals surface area contributed by atoms with E-state index in [9.17, 15) is 10.1 Å². The van der Waals surface area contributed by atoms with Gasteiger partial charge in [-0.15, -0.1) is 11.3 Å². The highest BCUT2D eigenvalue weighted by molar-refractivity contribution is 7.15. The van der Waals surface area contributed by atoms with Gasteiger partial charge in [-0.05, 0) is 24.0 Å². The maximum absolute atomic E-state index is 10.8. The van der Waals surface area contributed by atoms with Crippen molar-refractivity contribution in [1.29, 1.82) is 0 Å². The van der Waals surface area contributed by atoms with E-state index in [2.05, 4.69) is 9.88 Å². The molecule has 0 bridgehead atoms. The van der Waals surface area contributed by atoms with E-state index in [1.165, 1.54) is 11.1 Å². The van der Waals surface area contributed by atoms with Crippen molar-refractivity contribution in [2.45, 2.75) is 32.2 Å². The maximum atomic E-state index is 10.8. The number of hydrogen-bond acceptors (Lipinski definition) is 7. The fourth-order valence-corrected chi connectivity index (χ4v) is 5.01. The zero-order valence-corrected chi connectivity index (χ0v) is 16.5. The third kappa shape index (κ3) is 3.05. The van der Waals surface area contributed by atoms with Gasteiger partial charge < -0.3 is 14.9 Å². The second-order valence-corrected chi connectivity index (χ2v) is 8.88. The summed E-state index contributed by atoms with van der Waals surface area (Å²) < 4.78 is 7.65. The molecular formula is C18H16ClN5O3S. The molecule has 0 amide bonds. The van der Waals surface area contributed by atoms with Crippen LogP contribution in [0.1, 0.15) is 17.5 Å². The van der Waals surface area contributed by atoms with Crippen molar-refractivity contribution < 1.29 is 9.66 Å². The van der Waals surface area contributed by atoms with Gasteiger partial charge in [-0.2, -0.15) is 0 Å². The molecule has 144 valence electrons. The number of thiazole rings is 1. The van der Waals surface area contributed by atoms with Crippen LogP contribution in [0, 0.1) is 10.1 Å². The van der Waals surface area contributed by atoms with Crippen molar-refractivity contribution in [1.82, 2.24) is 19.4 Å². The van der Waals surface area contributed by atoms with Gasteiger partial charge in [0.05, 0.1) is 12.2 Å². The first-order valence-electron chi connectivity index (χ1n) is 8.76. The Morgan fingerprint density at radius 3 is 2.79 bits per heavy atom. The Balaban J connectivity index is 1.26. The molecule has 0 aliphatic carbocycles. The Morgan fingerprint density at radius 2 is 2.11 bits per heavy atom. The summed E-state index contributed by atoms with van der Waals surface area (Å²) in [5, 5.41) is 12.6. The lowest BCUT2D eigenvalue weighted by atomic mass is 10.1. The lowest BCUT2D eigenvalue weighted by Crippen LogP contribution is -2.43. The van der Waals surface area contributed by atoms with E-state index in [-0.39, 0.29) is 5.82 Å². The van der Waals surface area contributed by atoms with E-state index in [0.29, 0.717) is 24.1 Å². The fourth-order valence-electron chi connectivity index (χ4n) is 3.77. The van der Waals surface area contributed by atoms with Crippen molar-refractivity contribution >= 4 is 28.8 Å². The lowest BCUT2D eigenvalue weighted by molar-refractivity contribution is -0.389. The molecule has 4 heterocycles. The molecule has 0 saturated heterocycles. The molecule has 8 nitrogen and oxygen atoms in total. The molecule has 0 N–H and O–H groups in total. The van der Waals surface area contributed by atoms with Crippen LogP contribution < -0.4 is 4.74 Å². The predicted octanol–water partition coefficient (Wildman–Crippen LogP) is 3.74. The Hall–Kier alpha value is -2.49. The average molecular weight is 418 g/mol. The van der Waals surface area contributed by atoms with Crippen molar-refractivity contribution in [3.8, 4) is 16.6 Å². The average Bonchev–Trinajstić information content (AvgIpc) is 3.33. The van der Waals surface area contributed by atoms with Crippen molar-refractivity contribution in [3.05, 3.63) is 56.2 Å². The minimum absolute atomic E-state index is 0.181. The monoisotopic (exact) mass is 417 g/mol. The Kier molecular flexibility index (Phi) is 3.94. The van der Waals surface area contributed by atoms with Crippen molar-refractivity contribution in [2.24, 2.45) is 0 Å². The number of hydrogen-bond donors (Lipinski definition) is 0. The zero-order valence-electron chi connectivity index (χ0n) is 15.0. The molecule has 0 spiro atoms. The maximum Gasteiger partial charge on any atom is 0.415 e. The minimum Gasteiger partial charge on any atom is -0.436 e. The van der Waals surface area contributed by atoms with Crippen LogP contribution in [0.15, 0.2) is 30.5 Å². The van der Waals surface area contributed by atoms with Gasteiger partial charge in [-0.1, -0.05) is 23.7 Å². The Labute approximate surface area is 169 Å². The number of imidazole rings is 1. The molecule has 2 aromatic heterocycles. The molecule has 0 unspecified atom stereocenters. The summed E-state index contributed by atoms with van der Waals surface area (Å²) in [5.41, 5.74) is 1.71. The standard InChI is InChI=1S/C18H16ClN5O3S/c1-18(10-23-8-15(24(25)26)21-17(23)27-18)9-22-6-13-14(7-22)28-16(20-13)11-2-4-12(19)5-3-11/h2-5,8H,6-7,9-10H2,1H3/t18-/m0/s1. The van der Waals surface area contributed by atoms with E-state index in [1.807, 2.05) is 31.2 Å². The molecule has 0 saturated carbocycles. The molecule has 1 atom stereocenters. The van der Waals surface area contributed by atoms with Crippen LogP contribution in [0.2, 0.25) is 5.02 Å². The van der Waals surface area contributed by atoms with E-state index < -0.39 is 10.5 Å². The van der Waals surface area contributed by atoms with Crippen LogP contribution in [0.5, 0.6) is 6.01 Å². The topological polar surface area (TPSA) is 86.3 Å². The normalized spacial score (nSPS) is 20.8. The molecule has 2 aliphatic heterocycles. The summed E-state index contributed by atoms with van der Waals surface area (Å²) in [7, 11) is 0. The van der Waals surface area contributed by atoms with Crippen LogP contribution >= 0.6 is 22.9 Å². The van der Waals surface area contributed by atoms with Crippen LogP contribution in [0.25, 0.3) is 10.6 Å². The van der Waals surface area contributed by atoms with Crippen LogP contribution in [0.4, 0.5) is 5.82 Å². The summed E-state index contributed by atoms with van der Waals surface area (Å²) in [6.45, 7) is 4.83. The summed E-state index contributed by atoms with van der Waals surface area (Å²) >= 11 is 7.67. The molecule has 28 heavy (non-hydrogen) atoms. The van der Waals surface area contributed by atoms with Gasteiger partial charge in [-0.3, -0.25) is 9.47 Å². The number of nitrogens with zero attached hydrogens (tertiary/aromatic N) is 5. The highest BCUT2D eigenvalue weighted by Gasteiger charge is 2.42. The molecule has 1 aromatic carbocycles. The predicted molar refractivity (Wildman–Crippen MR) is 105 cm³/mol. The number of halogens is 1. The number of fused-ring (bicyclic) bond motifs is 2. The van der Waals surface area contributed by atoms with E-state index in [1.54, 1.807) is 15.9 Å². The van der Waals surface area contributed by atoms with Gasteiger partial charge in [0.15, 0.2) is 0 Å². The van der Waals surface area contributed by atoms with E-state index in [0.717, 1.165) is 29.4 Å². The Bertz CT molecular complexity index is 1030. The molecule has 10 heteroatoms. The largest absolute Gasteiger partial charge is 0.436 e. The Morgan fingerprint density at radius 1 is 1.32 bits per heavy atom. The summed E-state index contributed by atoms with van der Waals surface area (Å²) in [4.78, 5) is 22.6. The second-order valence-electron chi connectivity index (χ2n) is 7.36. The third-order valence-corrected chi connectivity index (χ3v) is 6.31. The summed E-state index contributed by atoms with van der Waals surface area (Å²) in [5.74, 6) is -0.181. The van der Waals surface area contributed by atoms with Crippen LogP contribution in [0.3, 0.4) is 0 Å². The molecular weight excluding hydrogens is 402 g/mol. The first kappa shape index (κ1) is 17.6. The van der Waals surface area contributed by atoms with Gasteiger partial charge in [-0.25, -0.2) is 4.98 Å². The number of nitro groups is 1. The fraction of sp³-hybridized carbons (Fsp3) is 0.333. The quantitative estimate of drug-likeness (QED) is 0.474. The van der Waals surface area contributed by atoms with Gasteiger partial charge in [0.2, 0.25) is 0 Å². The summed E-state index contributed by atoms with van der Waals surface area (Å²) in [6.07, 6.45) is 1.43. The SMILES string of the molecule is C[C@]1(CN2Cc3nc(-c4ccc(Cl)cc4)sc3C2)Cn2cc([N+](=O)[O-])nc2O1. The molecule has 2 aliphatic rings. The van der Waals surface area contributed by atoms with Crippen LogP contribution in [-0.2, 0) is 19.6 Å². The smallest absolute Gasteiger partial charge is 0.415 e. The van der Waals surface area contributed by atoms with Gasteiger partial charge in [0.25, 0.3) is 0 Å². The number of ether oxygens (including phenoxy) is 1. The number of benzene rings is 1. The van der Waals surface area contributed by atoms with E-state index in [4.69, 9.17) is 21.3 Å². The van der Waals surface area contributed by atoms with Crippen LogP contribution in [-0.4, -0.2) is 36.5 Å². The second kappa shape index (κ2) is 6.26. The zero-order chi connectivity index (χ0) is 19.5. The van der Waals surface area contributed by atoms with E-state index >= 15 is 0 Å². The van der Waals surface area contributed by atoms with Gasteiger partial charge in [0.1, 0.15) is 16.8 Å². The third-order valence-electron chi connectivity index (χ3n) is 4.92. The molecule has 0 radical (unpaired) electrons. The molecule has 5 rings (SSSR count). The molecule has 3 aromatic rings. The first-order valence-corrected chi connectivity index (χ1v) is 9.95.